The van der Waals surface area contributed by atoms with Crippen LogP contribution < -0.4 is 0 Å². The summed E-state index contributed by atoms with van der Waals surface area (Å²) in [5.41, 5.74) is 0. The normalized spacial score (nSPS) is 25.4. The van der Waals surface area contributed by atoms with Gasteiger partial charge in [0.05, 0.1) is 6.54 Å². The van der Waals surface area contributed by atoms with Crippen molar-refractivity contribution in [1.29, 1.82) is 0 Å². The molecular weight excluding hydrogens is 252 g/mol. The topological polar surface area (TPSA) is 28.9 Å². The molecule has 2 fully saturated rings. The van der Waals surface area contributed by atoms with Gasteiger partial charge >= 0.3 is 0 Å². The lowest BCUT2D eigenvalue weighted by Gasteiger charge is -2.37. The third-order valence-corrected chi connectivity index (χ3v) is 4.52. The van der Waals surface area contributed by atoms with Crippen LogP contribution in [-0.2, 0) is 17.9 Å². The first-order valence-corrected chi connectivity index (χ1v) is 7.88. The average Bonchev–Trinajstić information content (AvgIpc) is 3.11. The van der Waals surface area contributed by atoms with Gasteiger partial charge < -0.3 is 9.15 Å². The third-order valence-electron chi connectivity index (χ3n) is 4.52. The summed E-state index contributed by atoms with van der Waals surface area (Å²) < 4.78 is 10.9. The van der Waals surface area contributed by atoms with E-state index in [1.54, 1.807) is 7.11 Å². The van der Waals surface area contributed by atoms with E-state index in [0.29, 0.717) is 6.61 Å². The summed E-state index contributed by atoms with van der Waals surface area (Å²) >= 11 is 0. The predicted octanol–water partition coefficient (Wildman–Crippen LogP) is 2.49. The molecule has 1 atom stereocenters. The second kappa shape index (κ2) is 6.74. The lowest BCUT2D eigenvalue weighted by atomic mass is 10.0. The average molecular weight is 278 g/mol. The highest BCUT2D eigenvalue weighted by Gasteiger charge is 2.27. The number of methoxy groups -OCH3 is 1. The van der Waals surface area contributed by atoms with Crippen molar-refractivity contribution >= 4 is 0 Å². The number of hydrogen-bond donors (Lipinski definition) is 0. The number of furan rings is 1. The maximum Gasteiger partial charge on any atom is 0.129 e. The molecule has 2 aliphatic heterocycles. The molecule has 4 nitrogen and oxygen atoms in total. The van der Waals surface area contributed by atoms with E-state index in [1.807, 2.05) is 6.07 Å². The smallest absolute Gasteiger partial charge is 0.129 e. The van der Waals surface area contributed by atoms with E-state index in [1.165, 1.54) is 51.9 Å². The molecule has 0 aliphatic carbocycles. The van der Waals surface area contributed by atoms with Gasteiger partial charge in [0.2, 0.25) is 0 Å². The number of ether oxygens (including phenoxy) is 1. The van der Waals surface area contributed by atoms with Gasteiger partial charge in [-0.25, -0.2) is 0 Å². The Bertz CT molecular complexity index is 412. The molecule has 3 rings (SSSR count). The summed E-state index contributed by atoms with van der Waals surface area (Å²) in [6.45, 7) is 6.50. The van der Waals surface area contributed by atoms with Gasteiger partial charge in [-0.1, -0.05) is 0 Å². The Morgan fingerprint density at radius 1 is 1.15 bits per heavy atom. The zero-order chi connectivity index (χ0) is 13.8. The molecule has 3 heterocycles. The van der Waals surface area contributed by atoms with E-state index in [2.05, 4.69) is 15.9 Å². The fourth-order valence-electron chi connectivity index (χ4n) is 3.53. The van der Waals surface area contributed by atoms with Crippen molar-refractivity contribution in [2.75, 3.05) is 33.3 Å². The lowest BCUT2D eigenvalue weighted by molar-refractivity contribution is 0.103. The van der Waals surface area contributed by atoms with Crippen LogP contribution in [0, 0.1) is 0 Å². The van der Waals surface area contributed by atoms with E-state index >= 15 is 0 Å². The van der Waals surface area contributed by atoms with Crippen LogP contribution in [0.3, 0.4) is 0 Å². The molecule has 0 saturated carbocycles. The highest BCUT2D eigenvalue weighted by atomic mass is 16.5. The number of piperidine rings is 1. The van der Waals surface area contributed by atoms with Crippen LogP contribution in [0.4, 0.5) is 0 Å². The van der Waals surface area contributed by atoms with Gasteiger partial charge in [-0.15, -0.1) is 0 Å². The molecule has 2 saturated heterocycles. The van der Waals surface area contributed by atoms with Gasteiger partial charge in [-0.3, -0.25) is 9.80 Å². The number of rotatable bonds is 5. The molecule has 1 aromatic rings. The van der Waals surface area contributed by atoms with Gasteiger partial charge in [-0.05, 0) is 57.5 Å². The molecule has 0 aromatic carbocycles. The van der Waals surface area contributed by atoms with Crippen LogP contribution in [0.5, 0.6) is 0 Å². The second-order valence-corrected chi connectivity index (χ2v) is 6.08. The van der Waals surface area contributed by atoms with Crippen LogP contribution in [0.15, 0.2) is 16.5 Å². The SMILES string of the molecule is COCc1ccc(CN2CCCC(N3CCCC3)C2)o1. The minimum Gasteiger partial charge on any atom is -0.462 e. The number of likely N-dealkylation sites (tertiary alicyclic amines) is 2. The van der Waals surface area contributed by atoms with Crippen LogP contribution in [0.25, 0.3) is 0 Å². The molecule has 0 bridgehead atoms. The fourth-order valence-corrected chi connectivity index (χ4v) is 3.53. The third kappa shape index (κ3) is 3.43. The Morgan fingerprint density at radius 2 is 1.95 bits per heavy atom. The Kier molecular flexibility index (Phi) is 4.76. The zero-order valence-corrected chi connectivity index (χ0v) is 12.5. The number of nitrogens with zero attached hydrogens (tertiary/aromatic N) is 2. The Morgan fingerprint density at radius 3 is 2.75 bits per heavy atom. The van der Waals surface area contributed by atoms with Crippen molar-refractivity contribution in [3.63, 3.8) is 0 Å². The quantitative estimate of drug-likeness (QED) is 0.827. The van der Waals surface area contributed by atoms with E-state index in [4.69, 9.17) is 9.15 Å². The Balaban J connectivity index is 1.53. The van der Waals surface area contributed by atoms with E-state index in [-0.39, 0.29) is 0 Å². The highest BCUT2D eigenvalue weighted by molar-refractivity contribution is 5.06. The standard InChI is InChI=1S/C16H26N2O2/c1-19-13-16-7-6-15(20-16)12-17-8-4-5-14(11-17)18-9-2-3-10-18/h6-7,14H,2-5,8-13H2,1H3. The minimum absolute atomic E-state index is 0.566. The lowest BCUT2D eigenvalue weighted by Crippen LogP contribution is -2.46. The van der Waals surface area contributed by atoms with Gasteiger partial charge in [0, 0.05) is 19.7 Å². The maximum absolute atomic E-state index is 5.81. The highest BCUT2D eigenvalue weighted by Crippen LogP contribution is 2.22. The second-order valence-electron chi connectivity index (χ2n) is 6.08. The Hall–Kier alpha value is -0.840. The zero-order valence-electron chi connectivity index (χ0n) is 12.5. The van der Waals surface area contributed by atoms with Crippen LogP contribution in [0.1, 0.15) is 37.2 Å². The molecule has 0 amide bonds. The predicted molar refractivity (Wildman–Crippen MR) is 78.5 cm³/mol. The van der Waals surface area contributed by atoms with Crippen LogP contribution in [-0.4, -0.2) is 49.1 Å². The summed E-state index contributed by atoms with van der Waals surface area (Å²) in [6, 6.07) is 4.88. The van der Waals surface area contributed by atoms with Crippen molar-refractivity contribution in [3.05, 3.63) is 23.7 Å². The van der Waals surface area contributed by atoms with E-state index in [9.17, 15) is 0 Å². The van der Waals surface area contributed by atoms with Crippen LogP contribution >= 0.6 is 0 Å². The first kappa shape index (κ1) is 14.1. The fraction of sp³-hybridized carbons (Fsp3) is 0.750. The first-order valence-electron chi connectivity index (χ1n) is 7.88. The summed E-state index contributed by atoms with van der Waals surface area (Å²) in [5.74, 6) is 2.00. The molecule has 4 heteroatoms. The minimum atomic E-state index is 0.566. The van der Waals surface area contributed by atoms with E-state index in [0.717, 1.165) is 24.1 Å². The molecule has 20 heavy (non-hydrogen) atoms. The summed E-state index contributed by atoms with van der Waals surface area (Å²) in [5, 5.41) is 0. The maximum atomic E-state index is 5.81. The Labute approximate surface area is 121 Å². The largest absolute Gasteiger partial charge is 0.462 e. The van der Waals surface area contributed by atoms with Gasteiger partial charge in [-0.2, -0.15) is 0 Å². The molecule has 112 valence electrons. The summed E-state index contributed by atoms with van der Waals surface area (Å²) in [6.07, 6.45) is 5.44. The van der Waals surface area contributed by atoms with Gasteiger partial charge in [0.15, 0.2) is 0 Å². The van der Waals surface area contributed by atoms with Crippen molar-refractivity contribution in [3.8, 4) is 0 Å². The van der Waals surface area contributed by atoms with Crippen molar-refractivity contribution in [1.82, 2.24) is 9.80 Å². The summed E-state index contributed by atoms with van der Waals surface area (Å²) in [4.78, 5) is 5.23. The monoisotopic (exact) mass is 278 g/mol. The van der Waals surface area contributed by atoms with Gasteiger partial charge in [0.1, 0.15) is 18.1 Å². The van der Waals surface area contributed by atoms with Crippen molar-refractivity contribution < 1.29 is 9.15 Å². The molecule has 0 spiro atoms. The molecule has 0 radical (unpaired) electrons. The van der Waals surface area contributed by atoms with Crippen molar-refractivity contribution in [2.45, 2.75) is 44.9 Å². The number of hydrogen-bond acceptors (Lipinski definition) is 4. The van der Waals surface area contributed by atoms with Gasteiger partial charge in [0.25, 0.3) is 0 Å². The first-order chi connectivity index (χ1) is 9.85. The molecule has 0 N–H and O–H groups in total. The van der Waals surface area contributed by atoms with E-state index < -0.39 is 0 Å². The molecule has 2 aliphatic rings. The van der Waals surface area contributed by atoms with Crippen molar-refractivity contribution in [2.24, 2.45) is 0 Å². The summed E-state index contributed by atoms with van der Waals surface area (Å²) in [7, 11) is 1.70. The van der Waals surface area contributed by atoms with Crippen LogP contribution in [0.2, 0.25) is 0 Å². The molecule has 1 aromatic heterocycles. The molecule has 1 unspecified atom stereocenters. The molecular formula is C16H26N2O2.